The van der Waals surface area contributed by atoms with Crippen LogP contribution in [0.3, 0.4) is 0 Å². The lowest BCUT2D eigenvalue weighted by Gasteiger charge is -2.37. The molecule has 12 nitrogen and oxygen atoms in total. The maximum Gasteiger partial charge on any atom is 0.415 e. The van der Waals surface area contributed by atoms with Gasteiger partial charge in [0.1, 0.15) is 35.8 Å². The SMILES string of the molecule is CC(C)(C)OC(=O)N(CC1CCC1)C[C@H]1Cc2c(cc(OCc3ccccc3)c(N3CC(=O)NS3(=O)=O)c2F)N1C(=O)OC(C)(C)C. The number of hydrogen-bond acceptors (Lipinski definition) is 8. The zero-order valence-electron chi connectivity index (χ0n) is 27.7. The summed E-state index contributed by atoms with van der Waals surface area (Å²) >= 11 is 0. The molecule has 2 aliphatic heterocycles. The first kappa shape index (κ1) is 34.3. The summed E-state index contributed by atoms with van der Waals surface area (Å²) in [5.41, 5.74) is -1.23. The second-order valence-corrected chi connectivity index (χ2v) is 15.8. The third-order valence-electron chi connectivity index (χ3n) is 8.03. The number of anilines is 2. The molecule has 0 spiro atoms. The van der Waals surface area contributed by atoms with Crippen molar-refractivity contribution in [3.8, 4) is 5.75 Å². The summed E-state index contributed by atoms with van der Waals surface area (Å²) in [4.78, 5) is 42.3. The minimum Gasteiger partial charge on any atom is -0.487 e. The first-order chi connectivity index (χ1) is 21.9. The lowest BCUT2D eigenvalue weighted by atomic mass is 9.85. The fraction of sp³-hybridized carbons (Fsp3) is 0.545. The van der Waals surface area contributed by atoms with Crippen LogP contribution < -0.4 is 18.7 Å². The van der Waals surface area contributed by atoms with Crippen molar-refractivity contribution in [2.75, 3.05) is 28.8 Å². The molecule has 2 aromatic rings. The maximum atomic E-state index is 16.8. The molecule has 14 heteroatoms. The molecule has 256 valence electrons. The predicted octanol–water partition coefficient (Wildman–Crippen LogP) is 5.29. The molecule has 5 rings (SSSR count). The zero-order chi connectivity index (χ0) is 34.3. The average Bonchev–Trinajstić information content (AvgIpc) is 3.42. The van der Waals surface area contributed by atoms with Crippen molar-refractivity contribution in [2.24, 2.45) is 5.92 Å². The van der Waals surface area contributed by atoms with Gasteiger partial charge in [0.2, 0.25) is 0 Å². The van der Waals surface area contributed by atoms with Crippen molar-refractivity contribution in [1.82, 2.24) is 9.62 Å². The molecule has 1 N–H and O–H groups in total. The summed E-state index contributed by atoms with van der Waals surface area (Å²) in [6.07, 6.45) is 1.59. The van der Waals surface area contributed by atoms with E-state index in [1.54, 1.807) is 70.7 Å². The van der Waals surface area contributed by atoms with Gasteiger partial charge in [-0.25, -0.2) is 23.0 Å². The quantitative estimate of drug-likeness (QED) is 0.399. The number of halogens is 1. The lowest BCUT2D eigenvalue weighted by molar-refractivity contribution is -0.117. The van der Waals surface area contributed by atoms with Gasteiger partial charge in [0, 0.05) is 31.1 Å². The summed E-state index contributed by atoms with van der Waals surface area (Å²) in [6, 6.07) is 9.62. The predicted molar refractivity (Wildman–Crippen MR) is 173 cm³/mol. The molecule has 0 unspecified atom stereocenters. The molecule has 1 aliphatic carbocycles. The van der Waals surface area contributed by atoms with Crippen LogP contribution in [0.25, 0.3) is 0 Å². The Morgan fingerprint density at radius 2 is 1.68 bits per heavy atom. The highest BCUT2D eigenvalue weighted by Crippen LogP contribution is 2.46. The molecule has 2 heterocycles. The Bertz CT molecular complexity index is 1630. The molecule has 47 heavy (non-hydrogen) atoms. The summed E-state index contributed by atoms with van der Waals surface area (Å²) in [7, 11) is -4.42. The number of fused-ring (bicyclic) bond motifs is 1. The van der Waals surface area contributed by atoms with E-state index in [4.69, 9.17) is 14.2 Å². The monoisotopic (exact) mass is 674 g/mol. The third-order valence-corrected chi connectivity index (χ3v) is 9.41. The highest BCUT2D eigenvalue weighted by Gasteiger charge is 2.45. The van der Waals surface area contributed by atoms with Gasteiger partial charge in [-0.15, -0.1) is 0 Å². The van der Waals surface area contributed by atoms with Gasteiger partial charge in [-0.3, -0.25) is 9.69 Å². The number of benzene rings is 2. The van der Waals surface area contributed by atoms with Crippen LogP contribution in [0.4, 0.5) is 25.4 Å². The van der Waals surface area contributed by atoms with E-state index in [1.165, 1.54) is 11.0 Å². The standard InChI is InChI=1S/C33H43FN4O8S/c1-32(2,3)45-30(40)36(17-21-13-10-14-21)18-23-15-24-25(38(23)31(41)46-33(4,5)6)16-26(44-20-22-11-8-7-9-12-22)29(28(24)34)37-19-27(39)35-47(37,42)43/h7-9,11-12,16,21,23H,10,13-15,17-20H2,1-6H3,(H,35,39)/t23-/m1/s1. The van der Waals surface area contributed by atoms with Gasteiger partial charge in [-0.1, -0.05) is 36.8 Å². The van der Waals surface area contributed by atoms with Crippen LogP contribution in [0.1, 0.15) is 71.9 Å². The number of nitrogens with one attached hydrogen (secondary N) is 1. The van der Waals surface area contributed by atoms with Crippen molar-refractivity contribution in [3.63, 3.8) is 0 Å². The molecule has 3 amide bonds. The van der Waals surface area contributed by atoms with E-state index in [1.807, 2.05) is 10.8 Å². The molecule has 3 aliphatic rings. The van der Waals surface area contributed by atoms with Crippen molar-refractivity contribution in [1.29, 1.82) is 0 Å². The molecule has 0 aromatic heterocycles. The van der Waals surface area contributed by atoms with Crippen LogP contribution in [0.15, 0.2) is 36.4 Å². The van der Waals surface area contributed by atoms with Crippen molar-refractivity contribution >= 4 is 39.7 Å². The van der Waals surface area contributed by atoms with Gasteiger partial charge in [0.15, 0.2) is 5.82 Å². The van der Waals surface area contributed by atoms with E-state index >= 15 is 4.39 Å². The Hall–Kier alpha value is -4.07. The Morgan fingerprint density at radius 3 is 2.23 bits per heavy atom. The van der Waals surface area contributed by atoms with E-state index in [0.717, 1.165) is 24.8 Å². The number of amides is 3. The summed E-state index contributed by atoms with van der Waals surface area (Å²) in [5, 5.41) is 0. The number of carbonyl (C=O) groups is 3. The van der Waals surface area contributed by atoms with Gasteiger partial charge in [0.25, 0.3) is 5.91 Å². The first-order valence-electron chi connectivity index (χ1n) is 15.8. The number of ether oxygens (including phenoxy) is 3. The molecule has 2 fully saturated rings. The molecule has 1 atom stereocenters. The van der Waals surface area contributed by atoms with Gasteiger partial charge >= 0.3 is 22.4 Å². The van der Waals surface area contributed by atoms with E-state index < -0.39 is 63.6 Å². The van der Waals surface area contributed by atoms with Crippen molar-refractivity contribution < 1.29 is 41.4 Å². The van der Waals surface area contributed by atoms with Gasteiger partial charge in [-0.2, -0.15) is 8.42 Å². The van der Waals surface area contributed by atoms with Crippen LogP contribution in [-0.2, 0) is 37.5 Å². The second-order valence-electron chi connectivity index (χ2n) is 14.2. The summed E-state index contributed by atoms with van der Waals surface area (Å²) in [6.45, 7) is 10.2. The smallest absolute Gasteiger partial charge is 0.415 e. The Labute approximate surface area is 275 Å². The minimum absolute atomic E-state index is 0.0103. The fourth-order valence-electron chi connectivity index (χ4n) is 5.80. The highest BCUT2D eigenvalue weighted by molar-refractivity contribution is 7.92. The van der Waals surface area contributed by atoms with Crippen LogP contribution in [0.5, 0.6) is 5.75 Å². The number of rotatable bonds is 8. The number of hydrogen-bond donors (Lipinski definition) is 1. The largest absolute Gasteiger partial charge is 0.487 e. The van der Waals surface area contributed by atoms with E-state index in [2.05, 4.69) is 0 Å². The molecule has 0 bridgehead atoms. The second kappa shape index (κ2) is 12.9. The lowest BCUT2D eigenvalue weighted by Crippen LogP contribution is -2.50. The van der Waals surface area contributed by atoms with Crippen LogP contribution in [0, 0.1) is 11.7 Å². The third kappa shape index (κ3) is 7.91. The van der Waals surface area contributed by atoms with E-state index in [-0.39, 0.29) is 42.5 Å². The van der Waals surface area contributed by atoms with Crippen LogP contribution in [-0.4, -0.2) is 68.3 Å². The highest BCUT2D eigenvalue weighted by atomic mass is 32.2. The van der Waals surface area contributed by atoms with E-state index in [0.29, 0.717) is 10.8 Å². The molecule has 0 radical (unpaired) electrons. The fourth-order valence-corrected chi connectivity index (χ4v) is 6.96. The Kier molecular flexibility index (Phi) is 9.37. The average molecular weight is 675 g/mol. The first-order valence-corrected chi connectivity index (χ1v) is 17.2. The zero-order valence-corrected chi connectivity index (χ0v) is 28.5. The molecule has 1 saturated heterocycles. The van der Waals surface area contributed by atoms with Crippen molar-refractivity contribution in [2.45, 2.75) is 91.1 Å². The topological polar surface area (TPSA) is 135 Å². The minimum atomic E-state index is -4.42. The normalized spacial score (nSPS) is 19.1. The maximum absolute atomic E-state index is 16.8. The molecule has 1 saturated carbocycles. The van der Waals surface area contributed by atoms with E-state index in [9.17, 15) is 22.8 Å². The summed E-state index contributed by atoms with van der Waals surface area (Å²) < 4.78 is 62.7. The van der Waals surface area contributed by atoms with Gasteiger partial charge in [-0.05, 0) is 65.9 Å². The van der Waals surface area contributed by atoms with Gasteiger partial charge in [0.05, 0.1) is 11.7 Å². The molecular formula is C33H43FN4O8S. The number of carbonyl (C=O) groups excluding carboxylic acids is 3. The Morgan fingerprint density at radius 1 is 1.02 bits per heavy atom. The molecular weight excluding hydrogens is 631 g/mol. The Balaban J connectivity index is 1.59. The molecule has 2 aromatic carbocycles. The van der Waals surface area contributed by atoms with Crippen LogP contribution >= 0.6 is 0 Å². The number of nitrogens with zero attached hydrogens (tertiary/aromatic N) is 3. The van der Waals surface area contributed by atoms with Crippen LogP contribution in [0.2, 0.25) is 0 Å². The summed E-state index contributed by atoms with van der Waals surface area (Å²) in [5.74, 6) is -1.69. The van der Waals surface area contributed by atoms with Gasteiger partial charge < -0.3 is 19.1 Å². The van der Waals surface area contributed by atoms with Crippen molar-refractivity contribution in [3.05, 3.63) is 53.3 Å².